The minimum absolute atomic E-state index is 0.160. The van der Waals surface area contributed by atoms with Crippen LogP contribution in [0.4, 0.5) is 0 Å². The molecule has 0 saturated heterocycles. The van der Waals surface area contributed by atoms with E-state index in [0.717, 1.165) is 42.1 Å². The summed E-state index contributed by atoms with van der Waals surface area (Å²) in [5.74, 6) is 2.29. The quantitative estimate of drug-likeness (QED) is 0.795. The molecule has 1 fully saturated rings. The minimum Gasteiger partial charge on any atom is -0.508 e. The molecule has 2 unspecified atom stereocenters. The van der Waals surface area contributed by atoms with Gasteiger partial charge in [0, 0.05) is 13.0 Å². The topological polar surface area (TPSA) is 47.9 Å². The van der Waals surface area contributed by atoms with Gasteiger partial charge < -0.3 is 19.3 Å². The predicted octanol–water partition coefficient (Wildman–Crippen LogP) is 4.65. The Morgan fingerprint density at radius 3 is 2.52 bits per heavy atom. The second kappa shape index (κ2) is 8.26. The Hall–Kier alpha value is -2.20. The third kappa shape index (κ3) is 4.07. The van der Waals surface area contributed by atoms with E-state index in [1.165, 1.54) is 6.42 Å². The molecule has 134 valence electrons. The van der Waals surface area contributed by atoms with Crippen LogP contribution >= 0.6 is 0 Å². The van der Waals surface area contributed by atoms with Gasteiger partial charge in [0.25, 0.3) is 0 Å². The summed E-state index contributed by atoms with van der Waals surface area (Å²) >= 11 is 0. The summed E-state index contributed by atoms with van der Waals surface area (Å²) < 4.78 is 17.6. The monoisotopic (exact) mass is 342 g/mol. The maximum atomic E-state index is 9.59. The summed E-state index contributed by atoms with van der Waals surface area (Å²) in [5, 5.41) is 9.59. The second-order valence-electron chi connectivity index (χ2n) is 6.41. The Labute approximate surface area is 149 Å². The molecule has 0 amide bonds. The number of rotatable bonds is 7. The van der Waals surface area contributed by atoms with Gasteiger partial charge in [-0.1, -0.05) is 18.2 Å². The minimum atomic E-state index is 0.160. The number of hydrogen-bond acceptors (Lipinski definition) is 4. The molecule has 1 N–H and O–H groups in total. The van der Waals surface area contributed by atoms with Crippen molar-refractivity contribution >= 4 is 0 Å². The van der Waals surface area contributed by atoms with Gasteiger partial charge in [-0.3, -0.25) is 0 Å². The van der Waals surface area contributed by atoms with Crippen LogP contribution in [0.3, 0.4) is 0 Å². The van der Waals surface area contributed by atoms with Gasteiger partial charge in [0.15, 0.2) is 0 Å². The van der Waals surface area contributed by atoms with Crippen molar-refractivity contribution in [2.75, 3.05) is 20.3 Å². The molecule has 2 aromatic carbocycles. The summed E-state index contributed by atoms with van der Waals surface area (Å²) in [7, 11) is 1.74. The van der Waals surface area contributed by atoms with Crippen LogP contribution in [0.15, 0.2) is 42.5 Å². The van der Waals surface area contributed by atoms with Gasteiger partial charge in [-0.05, 0) is 56.0 Å². The van der Waals surface area contributed by atoms with E-state index in [4.69, 9.17) is 14.2 Å². The van der Waals surface area contributed by atoms with E-state index in [1.54, 1.807) is 19.2 Å². The lowest BCUT2D eigenvalue weighted by Gasteiger charge is -2.23. The van der Waals surface area contributed by atoms with Gasteiger partial charge in [-0.15, -0.1) is 0 Å². The molecule has 0 aromatic heterocycles. The van der Waals surface area contributed by atoms with Crippen LogP contribution in [0, 0.1) is 5.92 Å². The van der Waals surface area contributed by atoms with Crippen LogP contribution in [0.25, 0.3) is 11.1 Å². The lowest BCUT2D eigenvalue weighted by molar-refractivity contribution is 0.0828. The molecular weight excluding hydrogens is 316 g/mol. The lowest BCUT2D eigenvalue weighted by atomic mass is 10.0. The Balaban J connectivity index is 1.95. The van der Waals surface area contributed by atoms with Gasteiger partial charge in [-0.25, -0.2) is 0 Å². The van der Waals surface area contributed by atoms with Gasteiger partial charge in [0.2, 0.25) is 0 Å². The van der Waals surface area contributed by atoms with E-state index in [-0.39, 0.29) is 11.9 Å². The van der Waals surface area contributed by atoms with E-state index in [9.17, 15) is 5.11 Å². The van der Waals surface area contributed by atoms with Crippen LogP contribution in [0.5, 0.6) is 17.2 Å². The first-order chi connectivity index (χ1) is 12.2. The lowest BCUT2D eigenvalue weighted by Crippen LogP contribution is -2.25. The molecule has 1 saturated carbocycles. The number of ether oxygens (including phenoxy) is 3. The third-order valence-electron chi connectivity index (χ3n) is 4.69. The van der Waals surface area contributed by atoms with Crippen molar-refractivity contribution < 1.29 is 19.3 Å². The fourth-order valence-corrected chi connectivity index (χ4v) is 3.52. The predicted molar refractivity (Wildman–Crippen MR) is 98.3 cm³/mol. The largest absolute Gasteiger partial charge is 0.508 e. The highest BCUT2D eigenvalue weighted by atomic mass is 16.5. The molecular formula is C21H26O4. The zero-order chi connectivity index (χ0) is 17.6. The fraction of sp³-hybridized carbons (Fsp3) is 0.429. The van der Waals surface area contributed by atoms with E-state index in [2.05, 4.69) is 0 Å². The van der Waals surface area contributed by atoms with E-state index >= 15 is 0 Å². The summed E-state index contributed by atoms with van der Waals surface area (Å²) in [5.41, 5.74) is 1.91. The molecule has 3 rings (SSSR count). The van der Waals surface area contributed by atoms with Gasteiger partial charge in [0.05, 0.1) is 18.8 Å². The number of phenols is 1. The van der Waals surface area contributed by atoms with Crippen molar-refractivity contribution in [3.8, 4) is 28.4 Å². The summed E-state index contributed by atoms with van der Waals surface area (Å²) in [6.45, 7) is 3.29. The zero-order valence-corrected chi connectivity index (χ0v) is 14.9. The van der Waals surface area contributed by atoms with Crippen molar-refractivity contribution in [3.63, 3.8) is 0 Å². The van der Waals surface area contributed by atoms with Crippen LogP contribution < -0.4 is 9.47 Å². The highest BCUT2D eigenvalue weighted by Gasteiger charge is 2.30. The smallest absolute Gasteiger partial charge is 0.131 e. The van der Waals surface area contributed by atoms with Gasteiger partial charge in [0.1, 0.15) is 23.4 Å². The van der Waals surface area contributed by atoms with E-state index < -0.39 is 0 Å². The molecule has 2 atom stereocenters. The molecule has 0 heterocycles. The van der Waals surface area contributed by atoms with Crippen molar-refractivity contribution in [2.24, 2.45) is 5.92 Å². The molecule has 1 aliphatic carbocycles. The highest BCUT2D eigenvalue weighted by Crippen LogP contribution is 2.41. The van der Waals surface area contributed by atoms with Crippen LogP contribution in [-0.2, 0) is 4.74 Å². The maximum Gasteiger partial charge on any atom is 0.131 e. The highest BCUT2D eigenvalue weighted by molar-refractivity contribution is 5.77. The molecule has 4 nitrogen and oxygen atoms in total. The summed E-state index contributed by atoms with van der Waals surface area (Å²) in [4.78, 5) is 0. The number of benzene rings is 2. The standard InChI is InChI=1S/C21H26O4/c1-3-24-19-8-5-9-20(21(19)15-10-12-17(22)13-11-15)25-18-7-4-6-16(18)14-23-2/h5,8-13,16,18,22H,3-4,6-7,14H2,1-2H3. The van der Waals surface area contributed by atoms with Crippen molar-refractivity contribution in [3.05, 3.63) is 42.5 Å². The van der Waals surface area contributed by atoms with Gasteiger partial charge in [-0.2, -0.15) is 0 Å². The first-order valence-electron chi connectivity index (χ1n) is 8.93. The number of phenolic OH excluding ortho intramolecular Hbond substituents is 1. The van der Waals surface area contributed by atoms with Gasteiger partial charge >= 0.3 is 0 Å². The summed E-state index contributed by atoms with van der Waals surface area (Å²) in [6, 6.07) is 13.1. The van der Waals surface area contributed by atoms with E-state index in [0.29, 0.717) is 12.5 Å². The zero-order valence-electron chi connectivity index (χ0n) is 14.9. The summed E-state index contributed by atoms with van der Waals surface area (Å²) in [6.07, 6.45) is 3.51. The van der Waals surface area contributed by atoms with Crippen LogP contribution in [0.2, 0.25) is 0 Å². The normalized spacial score (nSPS) is 19.8. The third-order valence-corrected chi connectivity index (χ3v) is 4.69. The fourth-order valence-electron chi connectivity index (χ4n) is 3.52. The first-order valence-corrected chi connectivity index (χ1v) is 8.93. The Morgan fingerprint density at radius 2 is 1.80 bits per heavy atom. The molecule has 1 aliphatic rings. The molecule has 0 radical (unpaired) electrons. The average molecular weight is 342 g/mol. The average Bonchev–Trinajstić information content (AvgIpc) is 3.04. The number of aromatic hydroxyl groups is 1. The second-order valence-corrected chi connectivity index (χ2v) is 6.41. The Morgan fingerprint density at radius 1 is 1.04 bits per heavy atom. The van der Waals surface area contributed by atoms with Crippen LogP contribution in [0.1, 0.15) is 26.2 Å². The Kier molecular flexibility index (Phi) is 5.82. The molecule has 25 heavy (non-hydrogen) atoms. The molecule has 0 spiro atoms. The molecule has 4 heteroatoms. The van der Waals surface area contributed by atoms with Crippen molar-refractivity contribution in [1.82, 2.24) is 0 Å². The Bertz CT molecular complexity index is 681. The maximum absolute atomic E-state index is 9.59. The first kappa shape index (κ1) is 17.6. The van der Waals surface area contributed by atoms with E-state index in [1.807, 2.05) is 37.3 Å². The number of methoxy groups -OCH3 is 1. The van der Waals surface area contributed by atoms with Crippen molar-refractivity contribution in [2.45, 2.75) is 32.3 Å². The molecule has 2 aromatic rings. The SMILES string of the molecule is CCOc1cccc(OC2CCCC2COC)c1-c1ccc(O)cc1. The molecule has 0 aliphatic heterocycles. The van der Waals surface area contributed by atoms with Crippen molar-refractivity contribution in [1.29, 1.82) is 0 Å². The molecule has 0 bridgehead atoms. The number of hydrogen-bond donors (Lipinski definition) is 1. The van der Waals surface area contributed by atoms with Crippen LogP contribution in [-0.4, -0.2) is 31.5 Å².